The molecule has 0 aliphatic carbocycles. The largest absolute Gasteiger partial charge is 0.396 e. The number of benzene rings is 1. The van der Waals surface area contributed by atoms with Gasteiger partial charge < -0.3 is 10.0 Å². The van der Waals surface area contributed by atoms with Crippen molar-refractivity contribution in [2.75, 3.05) is 44.2 Å². The third-order valence-corrected chi connectivity index (χ3v) is 5.89. The zero-order chi connectivity index (χ0) is 22.1. The molecule has 0 radical (unpaired) electrons. The molecule has 166 valence electrons. The van der Waals surface area contributed by atoms with E-state index >= 15 is 0 Å². The van der Waals surface area contributed by atoms with Crippen LogP contribution in [0.4, 0.5) is 10.2 Å². The fourth-order valence-electron chi connectivity index (χ4n) is 4.16. The van der Waals surface area contributed by atoms with Gasteiger partial charge in [-0.1, -0.05) is 0 Å². The molecule has 3 aromatic heterocycles. The topological polar surface area (TPSA) is 99.0 Å². The zero-order valence-electron chi connectivity index (χ0n) is 17.9. The minimum atomic E-state index is -0.330. The third-order valence-electron chi connectivity index (χ3n) is 5.89. The number of aliphatic hydroxyl groups excluding tert-OH is 1. The Balaban J connectivity index is 1.44. The number of hydrogen-bond acceptors (Lipinski definition) is 7. The van der Waals surface area contributed by atoms with Crippen molar-refractivity contribution in [3.63, 3.8) is 0 Å². The first-order valence-corrected chi connectivity index (χ1v) is 10.7. The first-order valence-electron chi connectivity index (χ1n) is 10.7. The number of piperazine rings is 1. The Kier molecular flexibility index (Phi) is 5.54. The molecule has 0 amide bonds. The second-order valence-electron chi connectivity index (χ2n) is 8.02. The molecule has 5 rings (SSSR count). The van der Waals surface area contributed by atoms with Crippen LogP contribution in [0.25, 0.3) is 33.4 Å². The van der Waals surface area contributed by atoms with Gasteiger partial charge in [-0.15, -0.1) is 0 Å². The Hall–Kier alpha value is -3.37. The van der Waals surface area contributed by atoms with Gasteiger partial charge in [0.05, 0.1) is 17.4 Å². The van der Waals surface area contributed by atoms with Crippen molar-refractivity contribution >= 4 is 16.7 Å². The molecule has 32 heavy (non-hydrogen) atoms. The summed E-state index contributed by atoms with van der Waals surface area (Å²) >= 11 is 0. The molecule has 0 saturated carbocycles. The summed E-state index contributed by atoms with van der Waals surface area (Å²) < 4.78 is 16.4. The minimum Gasteiger partial charge on any atom is -0.396 e. The number of nitrogens with zero attached hydrogens (tertiary/aromatic N) is 7. The van der Waals surface area contributed by atoms with Gasteiger partial charge in [-0.05, 0) is 12.5 Å². The molecular weight excluding hydrogens is 411 g/mol. The van der Waals surface area contributed by atoms with Crippen LogP contribution in [0.5, 0.6) is 0 Å². The summed E-state index contributed by atoms with van der Waals surface area (Å²) in [5, 5.41) is 21.3. The van der Waals surface area contributed by atoms with Gasteiger partial charge in [-0.2, -0.15) is 10.2 Å². The number of aromatic amines is 1. The van der Waals surface area contributed by atoms with Crippen molar-refractivity contribution in [3.8, 4) is 22.5 Å². The fourth-order valence-corrected chi connectivity index (χ4v) is 4.16. The number of rotatable bonds is 6. The molecular formula is C22H25FN8O. The van der Waals surface area contributed by atoms with Crippen LogP contribution in [-0.2, 0) is 7.05 Å². The predicted molar refractivity (Wildman–Crippen MR) is 120 cm³/mol. The van der Waals surface area contributed by atoms with E-state index in [1.54, 1.807) is 36.5 Å². The Bertz CT molecular complexity index is 1230. The van der Waals surface area contributed by atoms with Gasteiger partial charge in [0.25, 0.3) is 0 Å². The molecule has 10 heteroatoms. The molecule has 0 atom stereocenters. The number of hydrogen-bond donors (Lipinski definition) is 2. The molecule has 9 nitrogen and oxygen atoms in total. The van der Waals surface area contributed by atoms with Crippen LogP contribution in [0.3, 0.4) is 0 Å². The number of aromatic nitrogens is 6. The van der Waals surface area contributed by atoms with Crippen molar-refractivity contribution in [2.24, 2.45) is 7.05 Å². The van der Waals surface area contributed by atoms with Crippen molar-refractivity contribution in [1.29, 1.82) is 0 Å². The van der Waals surface area contributed by atoms with Crippen molar-refractivity contribution in [3.05, 3.63) is 42.7 Å². The normalized spacial score (nSPS) is 15.0. The van der Waals surface area contributed by atoms with Gasteiger partial charge in [-0.25, -0.2) is 14.4 Å². The lowest BCUT2D eigenvalue weighted by molar-refractivity contribution is 0.215. The van der Waals surface area contributed by atoms with Gasteiger partial charge in [-0.3, -0.25) is 14.7 Å². The number of nitrogens with one attached hydrogen (secondary N) is 1. The second kappa shape index (κ2) is 8.64. The molecule has 0 bridgehead atoms. The van der Waals surface area contributed by atoms with E-state index in [-0.39, 0.29) is 12.4 Å². The van der Waals surface area contributed by atoms with E-state index in [4.69, 9.17) is 5.11 Å². The lowest BCUT2D eigenvalue weighted by Gasteiger charge is -2.35. The van der Waals surface area contributed by atoms with Gasteiger partial charge in [0.2, 0.25) is 0 Å². The lowest BCUT2D eigenvalue weighted by Crippen LogP contribution is -2.47. The molecule has 0 spiro atoms. The SMILES string of the molecule is Cn1cc(-c2cc3c(-c4cc(N5CCN(CCCO)CC5)ncn4)n[nH]c3cc2F)cn1. The lowest BCUT2D eigenvalue weighted by atomic mass is 10.0. The number of anilines is 1. The highest BCUT2D eigenvalue weighted by molar-refractivity contribution is 5.95. The first kappa shape index (κ1) is 20.5. The molecule has 4 heterocycles. The van der Waals surface area contributed by atoms with E-state index in [9.17, 15) is 4.39 Å². The average Bonchev–Trinajstić information content (AvgIpc) is 3.43. The van der Waals surface area contributed by atoms with Crippen molar-refractivity contribution in [2.45, 2.75) is 6.42 Å². The molecule has 0 unspecified atom stereocenters. The number of aryl methyl sites for hydroxylation is 1. The van der Waals surface area contributed by atoms with Crippen LogP contribution in [-0.4, -0.2) is 79.3 Å². The Morgan fingerprint density at radius 3 is 2.72 bits per heavy atom. The highest BCUT2D eigenvalue weighted by Gasteiger charge is 2.20. The number of aliphatic hydroxyl groups is 1. The highest BCUT2D eigenvalue weighted by atomic mass is 19.1. The minimum absolute atomic E-state index is 0.222. The zero-order valence-corrected chi connectivity index (χ0v) is 17.9. The summed E-state index contributed by atoms with van der Waals surface area (Å²) in [6, 6.07) is 5.19. The molecule has 1 saturated heterocycles. The van der Waals surface area contributed by atoms with Crippen LogP contribution in [0, 0.1) is 5.82 Å². The van der Waals surface area contributed by atoms with E-state index in [1.165, 1.54) is 6.07 Å². The van der Waals surface area contributed by atoms with E-state index in [1.807, 2.05) is 6.07 Å². The average molecular weight is 436 g/mol. The maximum atomic E-state index is 14.7. The maximum Gasteiger partial charge on any atom is 0.133 e. The molecule has 1 fully saturated rings. The van der Waals surface area contributed by atoms with E-state index in [0.29, 0.717) is 28.0 Å². The van der Waals surface area contributed by atoms with Crippen LogP contribution in [0.2, 0.25) is 0 Å². The standard InChI is InChI=1S/C22H25FN8O/c1-29-13-15(12-26-29)16-9-17-19(10-18(16)23)27-28-22(17)20-11-21(25-14-24-20)31-6-4-30(5-7-31)3-2-8-32/h9-14,32H,2-8H2,1H3,(H,27,28). The summed E-state index contributed by atoms with van der Waals surface area (Å²) in [7, 11) is 1.80. The summed E-state index contributed by atoms with van der Waals surface area (Å²) in [6.07, 6.45) is 5.78. The van der Waals surface area contributed by atoms with Crippen LogP contribution in [0.15, 0.2) is 36.9 Å². The predicted octanol–water partition coefficient (Wildman–Crippen LogP) is 2.06. The second-order valence-corrected chi connectivity index (χ2v) is 8.02. The summed E-state index contributed by atoms with van der Waals surface area (Å²) in [5.74, 6) is 0.519. The van der Waals surface area contributed by atoms with Crippen molar-refractivity contribution < 1.29 is 9.50 Å². The molecule has 1 aromatic carbocycles. The third kappa shape index (κ3) is 3.94. The smallest absolute Gasteiger partial charge is 0.133 e. The number of halogens is 1. The Morgan fingerprint density at radius 2 is 1.97 bits per heavy atom. The fraction of sp³-hybridized carbons (Fsp3) is 0.364. The van der Waals surface area contributed by atoms with Crippen LogP contribution in [0.1, 0.15) is 6.42 Å². The van der Waals surface area contributed by atoms with Crippen molar-refractivity contribution in [1.82, 2.24) is 34.8 Å². The number of H-pyrrole nitrogens is 1. The summed E-state index contributed by atoms with van der Waals surface area (Å²) in [6.45, 7) is 4.71. The summed E-state index contributed by atoms with van der Waals surface area (Å²) in [4.78, 5) is 13.5. The maximum absolute atomic E-state index is 14.7. The Labute approximate surface area is 184 Å². The van der Waals surface area contributed by atoms with E-state index < -0.39 is 0 Å². The van der Waals surface area contributed by atoms with E-state index in [2.05, 4.69) is 35.1 Å². The molecule has 1 aliphatic heterocycles. The monoisotopic (exact) mass is 436 g/mol. The van der Waals surface area contributed by atoms with Crippen LogP contribution >= 0.6 is 0 Å². The highest BCUT2D eigenvalue weighted by Crippen LogP contribution is 2.32. The quantitative estimate of drug-likeness (QED) is 0.477. The molecule has 4 aromatic rings. The van der Waals surface area contributed by atoms with Gasteiger partial charge in [0.1, 0.15) is 23.7 Å². The molecule has 1 aliphatic rings. The summed E-state index contributed by atoms with van der Waals surface area (Å²) in [5.41, 5.74) is 3.15. The Morgan fingerprint density at radius 1 is 1.12 bits per heavy atom. The van der Waals surface area contributed by atoms with E-state index in [0.717, 1.165) is 50.3 Å². The number of fused-ring (bicyclic) bond motifs is 1. The van der Waals surface area contributed by atoms with Gasteiger partial charge >= 0.3 is 0 Å². The van der Waals surface area contributed by atoms with Gasteiger partial charge in [0, 0.05) is 81.2 Å². The van der Waals surface area contributed by atoms with Crippen LogP contribution < -0.4 is 4.90 Å². The van der Waals surface area contributed by atoms with Gasteiger partial charge in [0.15, 0.2) is 0 Å². The first-order chi connectivity index (χ1) is 15.6. The molecule has 2 N–H and O–H groups in total.